The minimum absolute atomic E-state index is 0.632. The second-order valence-corrected chi connectivity index (χ2v) is 4.32. The van der Waals surface area contributed by atoms with Crippen LogP contribution in [0.25, 0.3) is 0 Å². The first-order chi connectivity index (χ1) is 5.76. The lowest BCUT2D eigenvalue weighted by Crippen LogP contribution is -2.49. The molecule has 13 heavy (non-hydrogen) atoms. The maximum atomic E-state index is 11.6. The smallest absolute Gasteiger partial charge is 0.108 e. The largest absolute Gasteiger partial charge is 0.783 e. The first kappa shape index (κ1) is 10.4. The fourth-order valence-electron chi connectivity index (χ4n) is 1.73. The van der Waals surface area contributed by atoms with Gasteiger partial charge in [0.15, 0.2) is 0 Å². The molecule has 1 aliphatic rings. The number of nitriles is 1. The highest BCUT2D eigenvalue weighted by Crippen LogP contribution is 2.39. The molecule has 5 heteroatoms. The van der Waals surface area contributed by atoms with Crippen molar-refractivity contribution in [2.45, 2.75) is 44.9 Å². The summed E-state index contributed by atoms with van der Waals surface area (Å²) in [5, 5.41) is 31.6. The number of hydrogen-bond acceptors (Lipinski definition) is 5. The summed E-state index contributed by atoms with van der Waals surface area (Å²) in [6.07, 6.45) is 0. The zero-order valence-electron chi connectivity index (χ0n) is 8.27. The van der Waals surface area contributed by atoms with E-state index in [1.54, 1.807) is 27.7 Å². The van der Waals surface area contributed by atoms with Gasteiger partial charge < -0.3 is 15.5 Å². The SMILES string of the molecule is CC1(C)C(C#N)N([O-])C(C)(C)N1O. The average molecular weight is 184 g/mol. The van der Waals surface area contributed by atoms with Crippen LogP contribution in [0.3, 0.4) is 0 Å². The van der Waals surface area contributed by atoms with Gasteiger partial charge in [-0.3, -0.25) is 0 Å². The summed E-state index contributed by atoms with van der Waals surface area (Å²) in [4.78, 5) is 0. The number of rotatable bonds is 0. The molecular formula is C8H14N3O2-. The van der Waals surface area contributed by atoms with Gasteiger partial charge in [-0.25, -0.2) is 0 Å². The zero-order chi connectivity index (χ0) is 10.4. The Morgan fingerprint density at radius 3 is 2.00 bits per heavy atom. The number of nitrogens with zero attached hydrogens (tertiary/aromatic N) is 3. The summed E-state index contributed by atoms with van der Waals surface area (Å²) < 4.78 is 0. The second-order valence-electron chi connectivity index (χ2n) is 4.32. The van der Waals surface area contributed by atoms with Crippen molar-refractivity contribution in [3.63, 3.8) is 0 Å². The van der Waals surface area contributed by atoms with Crippen LogP contribution in [0.2, 0.25) is 0 Å². The lowest BCUT2D eigenvalue weighted by atomic mass is 9.98. The maximum Gasteiger partial charge on any atom is 0.108 e. The van der Waals surface area contributed by atoms with Crippen molar-refractivity contribution in [2.24, 2.45) is 0 Å². The molecule has 1 heterocycles. The molecular weight excluding hydrogens is 170 g/mol. The van der Waals surface area contributed by atoms with E-state index in [0.29, 0.717) is 5.06 Å². The highest BCUT2D eigenvalue weighted by Gasteiger charge is 2.53. The van der Waals surface area contributed by atoms with Crippen LogP contribution >= 0.6 is 0 Å². The monoisotopic (exact) mass is 184 g/mol. The van der Waals surface area contributed by atoms with Gasteiger partial charge in [0.25, 0.3) is 0 Å². The Morgan fingerprint density at radius 2 is 1.85 bits per heavy atom. The molecule has 1 atom stereocenters. The van der Waals surface area contributed by atoms with Crippen LogP contribution < -0.4 is 0 Å². The summed E-state index contributed by atoms with van der Waals surface area (Å²) in [6.45, 7) is 6.50. The van der Waals surface area contributed by atoms with E-state index in [0.717, 1.165) is 5.06 Å². The molecule has 0 radical (unpaired) electrons. The fourth-order valence-corrected chi connectivity index (χ4v) is 1.73. The molecule has 1 aliphatic heterocycles. The van der Waals surface area contributed by atoms with Crippen molar-refractivity contribution in [2.75, 3.05) is 0 Å². The van der Waals surface area contributed by atoms with E-state index in [1.165, 1.54) is 0 Å². The van der Waals surface area contributed by atoms with Gasteiger partial charge in [-0.15, -0.1) is 0 Å². The Labute approximate surface area is 77.7 Å². The van der Waals surface area contributed by atoms with Gasteiger partial charge in [0, 0.05) is 0 Å². The minimum atomic E-state index is -1.04. The second kappa shape index (κ2) is 2.66. The molecule has 0 spiro atoms. The quantitative estimate of drug-likeness (QED) is 0.605. The van der Waals surface area contributed by atoms with E-state index in [1.807, 2.05) is 6.07 Å². The van der Waals surface area contributed by atoms with Crippen molar-refractivity contribution in [1.82, 2.24) is 10.1 Å². The molecule has 0 amide bonds. The summed E-state index contributed by atoms with van der Waals surface area (Å²) in [5.41, 5.74) is -1.87. The van der Waals surface area contributed by atoms with Crippen molar-refractivity contribution in [1.29, 1.82) is 5.26 Å². The van der Waals surface area contributed by atoms with Crippen LogP contribution in [0.1, 0.15) is 27.7 Å². The Kier molecular flexibility index (Phi) is 2.13. The Morgan fingerprint density at radius 1 is 1.38 bits per heavy atom. The normalized spacial score (nSPS) is 33.2. The topological polar surface area (TPSA) is 73.6 Å². The first-order valence-electron chi connectivity index (χ1n) is 4.11. The van der Waals surface area contributed by atoms with Crippen LogP contribution in [0, 0.1) is 16.5 Å². The van der Waals surface area contributed by atoms with E-state index in [-0.39, 0.29) is 0 Å². The summed E-state index contributed by atoms with van der Waals surface area (Å²) in [7, 11) is 0. The van der Waals surface area contributed by atoms with Gasteiger partial charge in [-0.05, 0) is 27.7 Å². The van der Waals surface area contributed by atoms with Crippen LogP contribution in [0.5, 0.6) is 0 Å². The van der Waals surface area contributed by atoms with E-state index in [2.05, 4.69) is 0 Å². The van der Waals surface area contributed by atoms with Crippen LogP contribution in [0.4, 0.5) is 0 Å². The minimum Gasteiger partial charge on any atom is -0.783 e. The highest BCUT2D eigenvalue weighted by atomic mass is 16.6. The Bertz CT molecular complexity index is 257. The average Bonchev–Trinajstić information content (AvgIpc) is 2.12. The molecule has 0 aromatic rings. The van der Waals surface area contributed by atoms with Crippen molar-refractivity contribution >= 4 is 0 Å². The van der Waals surface area contributed by atoms with E-state index in [4.69, 9.17) is 5.26 Å². The molecule has 1 saturated heterocycles. The summed E-state index contributed by atoms with van der Waals surface area (Å²) in [6, 6.07) is 1.06. The van der Waals surface area contributed by atoms with Gasteiger partial charge in [-0.2, -0.15) is 10.3 Å². The van der Waals surface area contributed by atoms with Crippen LogP contribution in [-0.2, 0) is 0 Å². The third-order valence-electron chi connectivity index (χ3n) is 2.63. The summed E-state index contributed by atoms with van der Waals surface area (Å²) in [5.74, 6) is 0. The predicted octanol–water partition coefficient (Wildman–Crippen LogP) is 0.898. The maximum absolute atomic E-state index is 11.6. The van der Waals surface area contributed by atoms with Crippen molar-refractivity contribution in [3.8, 4) is 6.07 Å². The fraction of sp³-hybridized carbons (Fsp3) is 0.875. The van der Waals surface area contributed by atoms with Gasteiger partial charge in [0.1, 0.15) is 6.04 Å². The molecule has 1 fully saturated rings. The predicted molar refractivity (Wildman–Crippen MR) is 46.4 cm³/mol. The molecule has 74 valence electrons. The van der Waals surface area contributed by atoms with Crippen molar-refractivity contribution in [3.05, 3.63) is 5.21 Å². The first-order valence-corrected chi connectivity index (χ1v) is 4.11. The molecule has 0 aromatic carbocycles. The van der Waals surface area contributed by atoms with E-state index >= 15 is 0 Å². The molecule has 0 aliphatic carbocycles. The molecule has 1 rings (SSSR count). The zero-order valence-corrected chi connectivity index (χ0v) is 8.27. The van der Waals surface area contributed by atoms with Gasteiger partial charge in [0.2, 0.25) is 0 Å². The van der Waals surface area contributed by atoms with E-state index < -0.39 is 17.2 Å². The molecule has 1 N–H and O–H groups in total. The van der Waals surface area contributed by atoms with Crippen LogP contribution in [-0.4, -0.2) is 32.6 Å². The van der Waals surface area contributed by atoms with Crippen LogP contribution in [0.15, 0.2) is 0 Å². The Hall–Kier alpha value is -0.670. The molecule has 0 bridgehead atoms. The Balaban J connectivity index is 3.13. The van der Waals surface area contributed by atoms with Crippen molar-refractivity contribution < 1.29 is 5.21 Å². The third-order valence-corrected chi connectivity index (χ3v) is 2.63. The molecule has 5 nitrogen and oxygen atoms in total. The van der Waals surface area contributed by atoms with Gasteiger partial charge >= 0.3 is 0 Å². The molecule has 0 saturated carbocycles. The third kappa shape index (κ3) is 1.15. The van der Waals surface area contributed by atoms with Gasteiger partial charge in [0.05, 0.1) is 17.3 Å². The number of hydrogen-bond donors (Lipinski definition) is 1. The standard InChI is InChI=1S/C8H14N3O2/c1-7(2)6(5-9)10(12)8(3,4)11(7)13/h6,13H,1-4H3/q-1. The summed E-state index contributed by atoms with van der Waals surface area (Å²) >= 11 is 0. The highest BCUT2D eigenvalue weighted by molar-refractivity contribution is 5.15. The molecule has 1 unspecified atom stereocenters. The van der Waals surface area contributed by atoms with Gasteiger partial charge in [-0.1, -0.05) is 0 Å². The number of hydroxylamine groups is 4. The lowest BCUT2D eigenvalue weighted by Gasteiger charge is -2.40. The molecule has 0 aromatic heterocycles. The van der Waals surface area contributed by atoms with E-state index in [9.17, 15) is 10.4 Å². The lowest BCUT2D eigenvalue weighted by molar-refractivity contribution is -0.206.